The third-order valence-electron chi connectivity index (χ3n) is 7.88. The van der Waals surface area contributed by atoms with E-state index in [4.69, 9.17) is 4.74 Å². The Balaban J connectivity index is 1.53. The Bertz CT molecular complexity index is 913. The van der Waals surface area contributed by atoms with Crippen LogP contribution < -0.4 is 0 Å². The summed E-state index contributed by atoms with van der Waals surface area (Å²) in [6.45, 7) is 1.74. The van der Waals surface area contributed by atoms with Gasteiger partial charge in [-0.15, -0.1) is 0 Å². The van der Waals surface area contributed by atoms with E-state index in [1.807, 2.05) is 6.07 Å². The summed E-state index contributed by atoms with van der Waals surface area (Å²) in [4.78, 5) is 11.8. The molecule has 1 aromatic rings. The molecule has 0 heterocycles. The van der Waals surface area contributed by atoms with E-state index < -0.39 is 35.5 Å². The summed E-state index contributed by atoms with van der Waals surface area (Å²) in [7, 11) is 0. The molecule has 2 saturated carbocycles. The molecule has 0 aliphatic heterocycles. The summed E-state index contributed by atoms with van der Waals surface area (Å²) in [6, 6.07) is 5.20. The van der Waals surface area contributed by atoms with Crippen molar-refractivity contribution in [2.45, 2.75) is 75.5 Å². The summed E-state index contributed by atoms with van der Waals surface area (Å²) in [6.07, 6.45) is -4.54. The Morgan fingerprint density at radius 3 is 2.41 bits per heavy atom. The summed E-state index contributed by atoms with van der Waals surface area (Å²) >= 11 is 0. The van der Waals surface area contributed by atoms with Gasteiger partial charge in [0.1, 0.15) is 11.9 Å². The van der Waals surface area contributed by atoms with E-state index >= 15 is 0 Å². The monoisotopic (exact) mass is 468 g/mol. The van der Waals surface area contributed by atoms with Crippen LogP contribution in [0.2, 0.25) is 0 Å². The van der Waals surface area contributed by atoms with E-state index in [0.717, 1.165) is 17.5 Å². The Kier molecular flexibility index (Phi) is 5.25. The standard InChI is InChI=1S/C22H23F7O3/c1-19-9-8-14-13-5-3-12(30)10-11(13)2-4-15(14)16(19)6-7-17(19)32-18(31)20(23,24)21(25,26)22(27,28)29/h3,5,10,14-17,30H,2,4,6-9H2,1H3/t14-,15-,16+,17+,19+/m1/s1. The van der Waals surface area contributed by atoms with Gasteiger partial charge in [-0.2, -0.15) is 30.7 Å². The highest BCUT2D eigenvalue weighted by Gasteiger charge is 2.77. The van der Waals surface area contributed by atoms with Gasteiger partial charge in [-0.1, -0.05) is 13.0 Å². The highest BCUT2D eigenvalue weighted by atomic mass is 19.4. The molecular weight excluding hydrogens is 445 g/mol. The molecule has 178 valence electrons. The van der Waals surface area contributed by atoms with E-state index in [9.17, 15) is 40.6 Å². The molecule has 5 atom stereocenters. The number of aryl methyl sites for hydroxylation is 1. The first-order valence-corrected chi connectivity index (χ1v) is 10.6. The van der Waals surface area contributed by atoms with Crippen LogP contribution in [0.25, 0.3) is 0 Å². The molecule has 2 fully saturated rings. The maximum atomic E-state index is 13.8. The Morgan fingerprint density at radius 2 is 1.75 bits per heavy atom. The zero-order chi connectivity index (χ0) is 23.7. The molecule has 0 bridgehead atoms. The van der Waals surface area contributed by atoms with Crippen molar-refractivity contribution in [2.75, 3.05) is 0 Å². The van der Waals surface area contributed by atoms with E-state index in [1.54, 1.807) is 19.1 Å². The molecule has 0 aromatic heterocycles. The molecule has 3 aliphatic carbocycles. The van der Waals surface area contributed by atoms with E-state index in [1.165, 1.54) is 0 Å². The van der Waals surface area contributed by atoms with Gasteiger partial charge in [0.25, 0.3) is 0 Å². The first-order valence-electron chi connectivity index (χ1n) is 10.6. The quantitative estimate of drug-likeness (QED) is 0.438. The van der Waals surface area contributed by atoms with Crippen LogP contribution in [-0.2, 0) is 16.0 Å². The normalized spacial score (nSPS) is 32.6. The van der Waals surface area contributed by atoms with Gasteiger partial charge in [-0.25, -0.2) is 4.79 Å². The molecule has 0 radical (unpaired) electrons. The summed E-state index contributed by atoms with van der Waals surface area (Å²) in [5.74, 6) is -14.9. The second-order valence-corrected chi connectivity index (χ2v) is 9.46. The maximum Gasteiger partial charge on any atom is 0.460 e. The summed E-state index contributed by atoms with van der Waals surface area (Å²) in [5.41, 5.74) is 1.37. The summed E-state index contributed by atoms with van der Waals surface area (Å²) in [5, 5.41) is 9.73. The zero-order valence-electron chi connectivity index (χ0n) is 17.2. The topological polar surface area (TPSA) is 46.5 Å². The molecule has 4 rings (SSSR count). The van der Waals surface area contributed by atoms with Crippen LogP contribution in [-0.4, -0.2) is 35.2 Å². The van der Waals surface area contributed by atoms with Crippen molar-refractivity contribution >= 4 is 5.97 Å². The third kappa shape index (κ3) is 3.27. The highest BCUT2D eigenvalue weighted by Crippen LogP contribution is 2.62. The molecule has 1 N–H and O–H groups in total. The number of halogens is 7. The predicted octanol–water partition coefficient (Wildman–Crippen LogP) is 5.99. The van der Waals surface area contributed by atoms with Gasteiger partial charge < -0.3 is 9.84 Å². The maximum absolute atomic E-state index is 13.8. The lowest BCUT2D eigenvalue weighted by atomic mass is 9.55. The van der Waals surface area contributed by atoms with Gasteiger partial charge in [0.05, 0.1) is 0 Å². The fraction of sp³-hybridized carbons (Fsp3) is 0.682. The summed E-state index contributed by atoms with van der Waals surface area (Å²) < 4.78 is 96.1. The molecular formula is C22H23F7O3. The van der Waals surface area contributed by atoms with Crippen molar-refractivity contribution in [3.8, 4) is 5.75 Å². The van der Waals surface area contributed by atoms with Gasteiger partial charge in [-0.05, 0) is 79.5 Å². The number of hydrogen-bond donors (Lipinski definition) is 1. The predicted molar refractivity (Wildman–Crippen MR) is 98.6 cm³/mol. The molecule has 3 nitrogen and oxygen atoms in total. The number of phenols is 1. The van der Waals surface area contributed by atoms with Crippen LogP contribution in [0.1, 0.15) is 56.1 Å². The average molecular weight is 468 g/mol. The first kappa shape index (κ1) is 23.2. The number of ether oxygens (including phenoxy) is 1. The van der Waals surface area contributed by atoms with E-state index in [0.29, 0.717) is 25.7 Å². The number of benzene rings is 1. The first-order chi connectivity index (χ1) is 14.7. The molecule has 10 heteroatoms. The van der Waals surface area contributed by atoms with Crippen LogP contribution in [0.3, 0.4) is 0 Å². The molecule has 1 aromatic carbocycles. The van der Waals surface area contributed by atoms with Crippen molar-refractivity contribution in [3.63, 3.8) is 0 Å². The van der Waals surface area contributed by atoms with Crippen molar-refractivity contribution < 1.29 is 45.4 Å². The lowest BCUT2D eigenvalue weighted by molar-refractivity contribution is -0.349. The Morgan fingerprint density at radius 1 is 1.06 bits per heavy atom. The number of aromatic hydroxyl groups is 1. The molecule has 32 heavy (non-hydrogen) atoms. The van der Waals surface area contributed by atoms with Crippen molar-refractivity contribution in [2.24, 2.45) is 17.3 Å². The average Bonchev–Trinajstić information content (AvgIpc) is 3.02. The largest absolute Gasteiger partial charge is 0.508 e. The minimum Gasteiger partial charge on any atom is -0.508 e. The van der Waals surface area contributed by atoms with E-state index in [-0.39, 0.29) is 29.9 Å². The number of phenolic OH excluding ortho intramolecular Hbond substituents is 1. The SMILES string of the molecule is C[C@]12CC[C@@H]3c4ccc(O)cc4CC[C@H]3[C@@H]1CC[C@@H]2OC(=O)C(F)(F)C(F)(F)C(F)(F)F. The number of rotatable bonds is 3. The number of carbonyl (C=O) groups excluding carboxylic acids is 1. The molecule has 3 aliphatic rings. The zero-order valence-corrected chi connectivity index (χ0v) is 17.2. The number of alkyl halides is 7. The van der Waals surface area contributed by atoms with Crippen molar-refractivity contribution in [1.82, 2.24) is 0 Å². The molecule has 0 amide bonds. The minimum atomic E-state index is -6.58. The van der Waals surface area contributed by atoms with Gasteiger partial charge >= 0.3 is 24.0 Å². The minimum absolute atomic E-state index is 0.0437. The Labute approximate surface area is 179 Å². The second-order valence-electron chi connectivity index (χ2n) is 9.46. The van der Waals surface area contributed by atoms with Crippen molar-refractivity contribution in [1.29, 1.82) is 0 Å². The third-order valence-corrected chi connectivity index (χ3v) is 7.88. The number of carbonyl (C=O) groups is 1. The van der Waals surface area contributed by atoms with E-state index in [2.05, 4.69) is 0 Å². The number of hydrogen-bond acceptors (Lipinski definition) is 3. The number of fused-ring (bicyclic) bond motifs is 5. The fourth-order valence-corrected chi connectivity index (χ4v) is 6.22. The van der Waals surface area contributed by atoms with Crippen LogP contribution in [0.15, 0.2) is 18.2 Å². The van der Waals surface area contributed by atoms with Crippen molar-refractivity contribution in [3.05, 3.63) is 29.3 Å². The smallest absolute Gasteiger partial charge is 0.460 e. The van der Waals surface area contributed by atoms with Gasteiger partial charge in [-0.3, -0.25) is 0 Å². The fourth-order valence-electron chi connectivity index (χ4n) is 6.22. The van der Waals surface area contributed by atoms with Crippen LogP contribution in [0.4, 0.5) is 30.7 Å². The second kappa shape index (κ2) is 7.25. The van der Waals surface area contributed by atoms with Gasteiger partial charge in [0.15, 0.2) is 0 Å². The van der Waals surface area contributed by atoms with Gasteiger partial charge in [0.2, 0.25) is 0 Å². The highest BCUT2D eigenvalue weighted by molar-refractivity contribution is 5.79. The lowest BCUT2D eigenvalue weighted by Gasteiger charge is -2.50. The van der Waals surface area contributed by atoms with Crippen LogP contribution >= 0.6 is 0 Å². The lowest BCUT2D eigenvalue weighted by Crippen LogP contribution is -2.57. The van der Waals surface area contributed by atoms with Gasteiger partial charge in [0, 0.05) is 5.41 Å². The number of esters is 1. The molecule has 0 unspecified atom stereocenters. The molecule has 0 saturated heterocycles. The van der Waals surface area contributed by atoms with Crippen LogP contribution in [0.5, 0.6) is 5.75 Å². The van der Waals surface area contributed by atoms with Crippen LogP contribution in [0, 0.1) is 17.3 Å². The Hall–Kier alpha value is -2.00. The molecule has 0 spiro atoms.